The second-order valence-corrected chi connectivity index (χ2v) is 6.01. The standard InChI is InChI=1S/C17H15Cl2N3O/c1-11-14(22-10-3-2-7-15(22)20-11)8-9-16(23)21-13-6-4-5-12(18)17(13)19/h2-7,10H,8-9H2,1H3,(H,21,23). The molecule has 0 spiro atoms. The minimum Gasteiger partial charge on any atom is -0.325 e. The number of nitrogens with zero attached hydrogens (tertiary/aromatic N) is 2. The van der Waals surface area contributed by atoms with Crippen LogP contribution in [0, 0.1) is 6.92 Å². The number of pyridine rings is 1. The Balaban J connectivity index is 1.71. The molecule has 0 saturated heterocycles. The number of carbonyl (C=O) groups is 1. The van der Waals surface area contributed by atoms with E-state index in [1.54, 1.807) is 18.2 Å². The highest BCUT2D eigenvalue weighted by molar-refractivity contribution is 6.43. The van der Waals surface area contributed by atoms with E-state index in [-0.39, 0.29) is 5.91 Å². The van der Waals surface area contributed by atoms with Crippen LogP contribution in [0.2, 0.25) is 10.0 Å². The van der Waals surface area contributed by atoms with Gasteiger partial charge in [0, 0.05) is 18.3 Å². The number of carbonyl (C=O) groups excluding carboxylic acids is 1. The van der Waals surface area contributed by atoms with Crippen LogP contribution in [0.5, 0.6) is 0 Å². The lowest BCUT2D eigenvalue weighted by atomic mass is 10.2. The topological polar surface area (TPSA) is 46.4 Å². The van der Waals surface area contributed by atoms with Crippen molar-refractivity contribution in [1.82, 2.24) is 9.38 Å². The molecule has 0 saturated carbocycles. The molecule has 3 rings (SSSR count). The number of halogens is 2. The average molecular weight is 348 g/mol. The highest BCUT2D eigenvalue weighted by Crippen LogP contribution is 2.29. The summed E-state index contributed by atoms with van der Waals surface area (Å²) in [6.07, 6.45) is 2.89. The summed E-state index contributed by atoms with van der Waals surface area (Å²) in [5, 5.41) is 3.57. The summed E-state index contributed by atoms with van der Waals surface area (Å²) in [4.78, 5) is 16.7. The molecule has 1 N–H and O–H groups in total. The van der Waals surface area contributed by atoms with Crippen LogP contribution < -0.4 is 5.32 Å². The van der Waals surface area contributed by atoms with E-state index in [9.17, 15) is 4.79 Å². The second kappa shape index (κ2) is 6.60. The van der Waals surface area contributed by atoms with Crippen molar-refractivity contribution in [3.8, 4) is 0 Å². The zero-order valence-electron chi connectivity index (χ0n) is 12.5. The van der Waals surface area contributed by atoms with Crippen molar-refractivity contribution in [2.75, 3.05) is 5.32 Å². The third kappa shape index (κ3) is 3.33. The number of fused-ring (bicyclic) bond motifs is 1. The Morgan fingerprint density at radius 2 is 2.04 bits per heavy atom. The van der Waals surface area contributed by atoms with Gasteiger partial charge in [-0.25, -0.2) is 4.98 Å². The smallest absolute Gasteiger partial charge is 0.224 e. The maximum atomic E-state index is 12.2. The van der Waals surface area contributed by atoms with E-state index in [1.165, 1.54) is 0 Å². The van der Waals surface area contributed by atoms with Crippen molar-refractivity contribution in [3.63, 3.8) is 0 Å². The average Bonchev–Trinajstić information content (AvgIpc) is 2.85. The predicted molar refractivity (Wildman–Crippen MR) is 93.3 cm³/mol. The van der Waals surface area contributed by atoms with E-state index < -0.39 is 0 Å². The van der Waals surface area contributed by atoms with E-state index in [4.69, 9.17) is 23.2 Å². The summed E-state index contributed by atoms with van der Waals surface area (Å²) in [6.45, 7) is 1.95. The van der Waals surface area contributed by atoms with E-state index in [2.05, 4.69) is 10.3 Å². The number of hydrogen-bond donors (Lipinski definition) is 1. The lowest BCUT2D eigenvalue weighted by Crippen LogP contribution is -2.13. The van der Waals surface area contributed by atoms with E-state index in [0.29, 0.717) is 28.6 Å². The molecule has 3 aromatic rings. The first-order valence-corrected chi connectivity index (χ1v) is 7.98. The molecule has 0 unspecified atom stereocenters. The largest absolute Gasteiger partial charge is 0.325 e. The van der Waals surface area contributed by atoms with Crippen LogP contribution in [-0.4, -0.2) is 15.3 Å². The van der Waals surface area contributed by atoms with E-state index in [1.807, 2.05) is 35.7 Å². The minimum atomic E-state index is -0.112. The third-order valence-corrected chi connectivity index (χ3v) is 4.46. The molecule has 0 aliphatic rings. The Morgan fingerprint density at radius 1 is 1.22 bits per heavy atom. The zero-order valence-corrected chi connectivity index (χ0v) is 14.0. The third-order valence-electron chi connectivity index (χ3n) is 3.64. The number of amides is 1. The monoisotopic (exact) mass is 347 g/mol. The Bertz CT molecular complexity index is 873. The molecule has 0 atom stereocenters. The number of aromatic nitrogens is 2. The molecule has 23 heavy (non-hydrogen) atoms. The van der Waals surface area contributed by atoms with Gasteiger partial charge in [0.2, 0.25) is 5.91 Å². The van der Waals surface area contributed by atoms with Crippen LogP contribution in [0.15, 0.2) is 42.6 Å². The van der Waals surface area contributed by atoms with Crippen LogP contribution in [-0.2, 0) is 11.2 Å². The Labute approximate surface area is 144 Å². The SMILES string of the molecule is Cc1nc2ccccn2c1CCC(=O)Nc1cccc(Cl)c1Cl. The van der Waals surface area contributed by atoms with E-state index >= 15 is 0 Å². The molecule has 6 heteroatoms. The minimum absolute atomic E-state index is 0.112. The van der Waals surface area contributed by atoms with Gasteiger partial charge in [0.25, 0.3) is 0 Å². The molecular formula is C17H15Cl2N3O. The Morgan fingerprint density at radius 3 is 2.87 bits per heavy atom. The quantitative estimate of drug-likeness (QED) is 0.753. The van der Waals surface area contributed by atoms with Crippen molar-refractivity contribution in [1.29, 1.82) is 0 Å². The number of nitrogens with one attached hydrogen (secondary N) is 1. The van der Waals surface area contributed by atoms with Gasteiger partial charge in [0.15, 0.2) is 0 Å². The van der Waals surface area contributed by atoms with Gasteiger partial charge in [-0.2, -0.15) is 0 Å². The van der Waals surface area contributed by atoms with Crippen LogP contribution in [0.1, 0.15) is 17.8 Å². The first-order chi connectivity index (χ1) is 11.1. The molecule has 0 fully saturated rings. The van der Waals surface area contributed by atoms with Crippen molar-refractivity contribution in [2.45, 2.75) is 19.8 Å². The van der Waals surface area contributed by atoms with Crippen molar-refractivity contribution >= 4 is 40.4 Å². The van der Waals surface area contributed by atoms with Crippen LogP contribution in [0.4, 0.5) is 5.69 Å². The highest BCUT2D eigenvalue weighted by atomic mass is 35.5. The summed E-state index contributed by atoms with van der Waals surface area (Å²) >= 11 is 12.0. The molecule has 0 radical (unpaired) electrons. The fourth-order valence-corrected chi connectivity index (χ4v) is 2.86. The van der Waals surface area contributed by atoms with Gasteiger partial charge < -0.3 is 9.72 Å². The van der Waals surface area contributed by atoms with Gasteiger partial charge in [-0.3, -0.25) is 4.79 Å². The fraction of sp³-hybridized carbons (Fsp3) is 0.176. The molecular weight excluding hydrogens is 333 g/mol. The molecule has 0 aliphatic carbocycles. The summed E-state index contributed by atoms with van der Waals surface area (Å²) < 4.78 is 2.01. The number of imidazole rings is 1. The molecule has 118 valence electrons. The van der Waals surface area contributed by atoms with Gasteiger partial charge in [-0.1, -0.05) is 35.3 Å². The van der Waals surface area contributed by atoms with E-state index in [0.717, 1.165) is 17.0 Å². The molecule has 0 bridgehead atoms. The number of hydrogen-bond acceptors (Lipinski definition) is 2. The number of aryl methyl sites for hydroxylation is 2. The van der Waals surface area contributed by atoms with Gasteiger partial charge in [-0.15, -0.1) is 0 Å². The van der Waals surface area contributed by atoms with Crippen LogP contribution in [0.3, 0.4) is 0 Å². The first kappa shape index (κ1) is 15.8. The molecule has 1 aromatic carbocycles. The number of anilines is 1. The van der Waals surface area contributed by atoms with Gasteiger partial charge in [0.05, 0.1) is 21.4 Å². The molecule has 2 heterocycles. The Hall–Kier alpha value is -2.04. The van der Waals surface area contributed by atoms with Gasteiger partial charge in [-0.05, 0) is 37.6 Å². The van der Waals surface area contributed by atoms with Crippen LogP contribution >= 0.6 is 23.2 Å². The lowest BCUT2D eigenvalue weighted by Gasteiger charge is -2.08. The van der Waals surface area contributed by atoms with Gasteiger partial charge >= 0.3 is 0 Å². The number of benzene rings is 1. The lowest BCUT2D eigenvalue weighted by molar-refractivity contribution is -0.116. The summed E-state index contributed by atoms with van der Waals surface area (Å²) in [6, 6.07) is 11.0. The Kier molecular flexibility index (Phi) is 4.55. The molecule has 2 aromatic heterocycles. The second-order valence-electron chi connectivity index (χ2n) is 5.22. The maximum absolute atomic E-state index is 12.2. The predicted octanol–water partition coefficient (Wildman–Crippen LogP) is 4.52. The summed E-state index contributed by atoms with van der Waals surface area (Å²) in [5.74, 6) is -0.112. The van der Waals surface area contributed by atoms with Crippen molar-refractivity contribution < 1.29 is 4.79 Å². The fourth-order valence-electron chi connectivity index (χ4n) is 2.51. The normalized spacial score (nSPS) is 10.9. The van der Waals surface area contributed by atoms with Gasteiger partial charge in [0.1, 0.15) is 5.65 Å². The van der Waals surface area contributed by atoms with Crippen LogP contribution in [0.25, 0.3) is 5.65 Å². The first-order valence-electron chi connectivity index (χ1n) is 7.22. The summed E-state index contributed by atoms with van der Waals surface area (Å²) in [5.41, 5.74) is 3.38. The molecule has 0 aliphatic heterocycles. The zero-order chi connectivity index (χ0) is 16.4. The molecule has 1 amide bonds. The number of rotatable bonds is 4. The summed E-state index contributed by atoms with van der Waals surface area (Å²) in [7, 11) is 0. The van der Waals surface area contributed by atoms with Crippen molar-refractivity contribution in [3.05, 3.63) is 64.0 Å². The molecule has 4 nitrogen and oxygen atoms in total. The maximum Gasteiger partial charge on any atom is 0.224 e. The van der Waals surface area contributed by atoms with Crippen molar-refractivity contribution in [2.24, 2.45) is 0 Å². The highest BCUT2D eigenvalue weighted by Gasteiger charge is 2.12.